The molecule has 2 aromatic carbocycles. The van der Waals surface area contributed by atoms with E-state index in [-0.39, 0.29) is 12.5 Å². The molecule has 0 unspecified atom stereocenters. The highest BCUT2D eigenvalue weighted by Crippen LogP contribution is 2.32. The van der Waals surface area contributed by atoms with E-state index in [1.54, 1.807) is 31.3 Å². The lowest BCUT2D eigenvalue weighted by Gasteiger charge is -2.13. The molecule has 0 spiro atoms. The summed E-state index contributed by atoms with van der Waals surface area (Å²) in [5.41, 5.74) is 5.19. The van der Waals surface area contributed by atoms with Crippen LogP contribution in [0.3, 0.4) is 0 Å². The molecule has 0 fully saturated rings. The summed E-state index contributed by atoms with van der Waals surface area (Å²) in [7, 11) is 3.24. The minimum absolute atomic E-state index is 0.251. The van der Waals surface area contributed by atoms with E-state index in [0.29, 0.717) is 17.0 Å². The zero-order valence-corrected chi connectivity index (χ0v) is 19.1. The lowest BCUT2D eigenvalue weighted by molar-refractivity contribution is 0.0951. The number of rotatable bonds is 7. The Bertz CT molecular complexity index is 1280. The van der Waals surface area contributed by atoms with Gasteiger partial charge in [-0.3, -0.25) is 9.78 Å². The summed E-state index contributed by atoms with van der Waals surface area (Å²) >= 11 is 0. The van der Waals surface area contributed by atoms with E-state index in [4.69, 9.17) is 14.6 Å². The standard InChI is InChI=1S/C26H26N4O3/c1-17-14-27-22(18(2)25(17)33-4)15-28-26(31)21-16-30(19-10-6-5-7-11-19)29-24(21)20-12-8-9-13-23(20)32-3/h5-14,16H,15H2,1-4H3,(H,28,31). The fourth-order valence-electron chi connectivity index (χ4n) is 3.80. The van der Waals surface area contributed by atoms with Gasteiger partial charge >= 0.3 is 0 Å². The summed E-state index contributed by atoms with van der Waals surface area (Å²) in [4.78, 5) is 17.8. The lowest BCUT2D eigenvalue weighted by atomic mass is 10.1. The van der Waals surface area contributed by atoms with Gasteiger partial charge in [0.1, 0.15) is 17.2 Å². The van der Waals surface area contributed by atoms with Gasteiger partial charge in [-0.05, 0) is 38.1 Å². The Hall–Kier alpha value is -4.13. The van der Waals surface area contributed by atoms with Gasteiger partial charge in [0.2, 0.25) is 0 Å². The van der Waals surface area contributed by atoms with E-state index >= 15 is 0 Å². The molecule has 4 aromatic rings. The number of carbonyl (C=O) groups is 1. The Morgan fingerprint density at radius 2 is 1.73 bits per heavy atom. The van der Waals surface area contributed by atoms with Crippen molar-refractivity contribution in [3.63, 3.8) is 0 Å². The third kappa shape index (κ3) is 4.43. The maximum atomic E-state index is 13.3. The zero-order valence-electron chi connectivity index (χ0n) is 19.1. The monoisotopic (exact) mass is 442 g/mol. The molecule has 168 valence electrons. The summed E-state index contributed by atoms with van der Waals surface area (Å²) in [6.07, 6.45) is 3.49. The fraction of sp³-hybridized carbons (Fsp3) is 0.192. The highest BCUT2D eigenvalue weighted by atomic mass is 16.5. The zero-order chi connectivity index (χ0) is 23.4. The minimum Gasteiger partial charge on any atom is -0.496 e. The predicted molar refractivity (Wildman–Crippen MR) is 127 cm³/mol. The summed E-state index contributed by atoms with van der Waals surface area (Å²) in [6.45, 7) is 4.15. The Labute approximate surface area is 193 Å². The highest BCUT2D eigenvalue weighted by molar-refractivity contribution is 6.00. The van der Waals surface area contributed by atoms with Gasteiger partial charge in [0.15, 0.2) is 0 Å². The van der Waals surface area contributed by atoms with E-state index < -0.39 is 0 Å². The number of aryl methyl sites for hydroxylation is 1. The molecule has 33 heavy (non-hydrogen) atoms. The first-order chi connectivity index (χ1) is 16.0. The average molecular weight is 443 g/mol. The molecule has 4 rings (SSSR count). The summed E-state index contributed by atoms with van der Waals surface area (Å²) in [5, 5.41) is 7.72. The van der Waals surface area contributed by atoms with E-state index in [1.165, 1.54) is 0 Å². The van der Waals surface area contributed by atoms with Gasteiger partial charge in [-0.15, -0.1) is 0 Å². The summed E-state index contributed by atoms with van der Waals surface area (Å²) < 4.78 is 12.7. The number of amides is 1. The molecule has 0 aliphatic carbocycles. The molecule has 0 aliphatic rings. The van der Waals surface area contributed by atoms with Crippen molar-refractivity contribution in [1.82, 2.24) is 20.1 Å². The van der Waals surface area contributed by atoms with E-state index in [1.807, 2.05) is 68.4 Å². The molecular formula is C26H26N4O3. The summed E-state index contributed by atoms with van der Waals surface area (Å²) in [5.74, 6) is 1.17. The topological polar surface area (TPSA) is 78.3 Å². The number of hydrogen-bond acceptors (Lipinski definition) is 5. The minimum atomic E-state index is -0.251. The van der Waals surface area contributed by atoms with Gasteiger partial charge < -0.3 is 14.8 Å². The van der Waals surface area contributed by atoms with Crippen LogP contribution in [0.1, 0.15) is 27.2 Å². The second kappa shape index (κ2) is 9.56. The molecule has 7 heteroatoms. The van der Waals surface area contributed by atoms with Crippen LogP contribution in [0.15, 0.2) is 67.0 Å². The van der Waals surface area contributed by atoms with Crippen molar-refractivity contribution >= 4 is 5.91 Å². The Kier molecular flexibility index (Phi) is 6.40. The molecular weight excluding hydrogens is 416 g/mol. The van der Waals surface area contributed by atoms with Gasteiger partial charge in [0, 0.05) is 29.1 Å². The Balaban J connectivity index is 1.70. The molecule has 0 aliphatic heterocycles. The lowest BCUT2D eigenvalue weighted by Crippen LogP contribution is -2.24. The van der Waals surface area contributed by atoms with Gasteiger partial charge in [0.25, 0.3) is 5.91 Å². The Morgan fingerprint density at radius 3 is 2.45 bits per heavy atom. The predicted octanol–water partition coefficient (Wildman–Crippen LogP) is 4.50. The van der Waals surface area contributed by atoms with Crippen LogP contribution in [0, 0.1) is 13.8 Å². The van der Waals surface area contributed by atoms with Crippen molar-refractivity contribution in [2.45, 2.75) is 20.4 Å². The van der Waals surface area contributed by atoms with Gasteiger partial charge in [-0.1, -0.05) is 30.3 Å². The smallest absolute Gasteiger partial charge is 0.255 e. The molecule has 1 N–H and O–H groups in total. The quantitative estimate of drug-likeness (QED) is 0.456. The number of pyridine rings is 1. The molecule has 7 nitrogen and oxygen atoms in total. The van der Waals surface area contributed by atoms with Crippen LogP contribution in [-0.4, -0.2) is 34.9 Å². The second-order valence-corrected chi connectivity index (χ2v) is 7.60. The molecule has 0 bridgehead atoms. The van der Waals surface area contributed by atoms with Crippen molar-refractivity contribution in [2.75, 3.05) is 14.2 Å². The first kappa shape index (κ1) is 22.1. The molecule has 2 aromatic heterocycles. The molecule has 0 saturated carbocycles. The van der Waals surface area contributed by atoms with Crippen LogP contribution >= 0.6 is 0 Å². The molecule has 0 atom stereocenters. The van der Waals surface area contributed by atoms with Crippen LogP contribution in [0.25, 0.3) is 16.9 Å². The van der Waals surface area contributed by atoms with Crippen molar-refractivity contribution < 1.29 is 14.3 Å². The third-order valence-electron chi connectivity index (χ3n) is 5.51. The summed E-state index contributed by atoms with van der Waals surface area (Å²) in [6, 6.07) is 17.2. The van der Waals surface area contributed by atoms with Crippen molar-refractivity contribution in [1.29, 1.82) is 0 Å². The van der Waals surface area contributed by atoms with Gasteiger partial charge in [-0.25, -0.2) is 4.68 Å². The maximum Gasteiger partial charge on any atom is 0.255 e. The number of hydrogen-bond donors (Lipinski definition) is 1. The molecule has 0 saturated heterocycles. The number of nitrogens with zero attached hydrogens (tertiary/aromatic N) is 3. The molecule has 2 heterocycles. The van der Waals surface area contributed by atoms with E-state index in [0.717, 1.165) is 33.8 Å². The van der Waals surface area contributed by atoms with Crippen molar-refractivity contribution in [3.05, 3.63) is 89.4 Å². The number of aromatic nitrogens is 3. The fourth-order valence-corrected chi connectivity index (χ4v) is 3.80. The second-order valence-electron chi connectivity index (χ2n) is 7.60. The number of para-hydroxylation sites is 2. The largest absolute Gasteiger partial charge is 0.496 e. The van der Waals surface area contributed by atoms with Gasteiger partial charge in [0.05, 0.1) is 37.7 Å². The Morgan fingerprint density at radius 1 is 1.00 bits per heavy atom. The SMILES string of the molecule is COc1ccccc1-c1nn(-c2ccccc2)cc1C(=O)NCc1ncc(C)c(OC)c1C. The first-order valence-corrected chi connectivity index (χ1v) is 10.6. The maximum absolute atomic E-state index is 13.3. The van der Waals surface area contributed by atoms with Crippen LogP contribution in [0.2, 0.25) is 0 Å². The van der Waals surface area contributed by atoms with E-state index in [9.17, 15) is 4.79 Å². The van der Waals surface area contributed by atoms with Crippen LogP contribution in [-0.2, 0) is 6.54 Å². The number of ether oxygens (including phenoxy) is 2. The highest BCUT2D eigenvalue weighted by Gasteiger charge is 2.21. The van der Waals surface area contributed by atoms with Crippen LogP contribution < -0.4 is 14.8 Å². The van der Waals surface area contributed by atoms with E-state index in [2.05, 4.69) is 10.3 Å². The van der Waals surface area contributed by atoms with Gasteiger partial charge in [-0.2, -0.15) is 5.10 Å². The number of nitrogens with one attached hydrogen (secondary N) is 1. The number of benzene rings is 2. The van der Waals surface area contributed by atoms with Crippen LogP contribution in [0.5, 0.6) is 11.5 Å². The number of carbonyl (C=O) groups excluding carboxylic acids is 1. The molecule has 0 radical (unpaired) electrons. The van der Waals surface area contributed by atoms with Crippen molar-refractivity contribution in [2.24, 2.45) is 0 Å². The number of methoxy groups -OCH3 is 2. The average Bonchev–Trinajstić information content (AvgIpc) is 3.30. The normalized spacial score (nSPS) is 10.7. The van der Waals surface area contributed by atoms with Crippen molar-refractivity contribution in [3.8, 4) is 28.4 Å². The first-order valence-electron chi connectivity index (χ1n) is 10.6. The molecule has 1 amide bonds. The third-order valence-corrected chi connectivity index (χ3v) is 5.51. The van der Waals surface area contributed by atoms with Crippen LogP contribution in [0.4, 0.5) is 0 Å².